The van der Waals surface area contributed by atoms with Crippen molar-refractivity contribution in [3.8, 4) is 0 Å². The first-order valence-electron chi connectivity index (χ1n) is 10.5. The standard InChI is InChI=1S/C22H36N4O2/c1-5-18(4)23-20(27)15-25-11-13-26(14-12-25)16-21(28)24-22(17(2)3)19-9-7-6-8-10-19/h6-10,17-18,22H,5,11-16H2,1-4H3,(H,23,27)(H,24,28). The van der Waals surface area contributed by atoms with E-state index in [9.17, 15) is 9.59 Å². The number of nitrogens with one attached hydrogen (secondary N) is 2. The molecule has 0 radical (unpaired) electrons. The SMILES string of the molecule is CCC(C)NC(=O)CN1CCN(CC(=O)NC(c2ccccc2)C(C)C)CC1. The lowest BCUT2D eigenvalue weighted by Crippen LogP contribution is -2.52. The highest BCUT2D eigenvalue weighted by atomic mass is 16.2. The van der Waals surface area contributed by atoms with E-state index in [0.29, 0.717) is 19.0 Å². The van der Waals surface area contributed by atoms with E-state index in [1.54, 1.807) is 0 Å². The van der Waals surface area contributed by atoms with Gasteiger partial charge >= 0.3 is 0 Å². The van der Waals surface area contributed by atoms with Crippen LogP contribution < -0.4 is 10.6 Å². The van der Waals surface area contributed by atoms with Gasteiger partial charge in [-0.1, -0.05) is 51.1 Å². The molecule has 2 rings (SSSR count). The van der Waals surface area contributed by atoms with Gasteiger partial charge in [-0.15, -0.1) is 0 Å². The van der Waals surface area contributed by atoms with Crippen LogP contribution in [0.3, 0.4) is 0 Å². The fourth-order valence-electron chi connectivity index (χ4n) is 3.45. The van der Waals surface area contributed by atoms with Crippen LogP contribution in [0.2, 0.25) is 0 Å². The number of hydrogen-bond donors (Lipinski definition) is 2. The summed E-state index contributed by atoms with van der Waals surface area (Å²) < 4.78 is 0. The van der Waals surface area contributed by atoms with E-state index in [1.165, 1.54) is 0 Å². The van der Waals surface area contributed by atoms with Crippen LogP contribution in [0.1, 0.15) is 45.7 Å². The van der Waals surface area contributed by atoms with Crippen molar-refractivity contribution in [1.82, 2.24) is 20.4 Å². The Morgan fingerprint density at radius 2 is 1.39 bits per heavy atom. The van der Waals surface area contributed by atoms with Gasteiger partial charge in [0, 0.05) is 32.2 Å². The quantitative estimate of drug-likeness (QED) is 0.679. The molecule has 0 aromatic heterocycles. The molecule has 2 unspecified atom stereocenters. The number of hydrogen-bond acceptors (Lipinski definition) is 4. The van der Waals surface area contributed by atoms with Gasteiger partial charge in [-0.3, -0.25) is 19.4 Å². The summed E-state index contributed by atoms with van der Waals surface area (Å²) in [5, 5.41) is 6.20. The van der Waals surface area contributed by atoms with Gasteiger partial charge in [0.25, 0.3) is 0 Å². The van der Waals surface area contributed by atoms with Crippen LogP contribution in [0, 0.1) is 5.92 Å². The predicted octanol–water partition coefficient (Wildman–Crippen LogP) is 2.03. The zero-order chi connectivity index (χ0) is 20.5. The zero-order valence-electron chi connectivity index (χ0n) is 17.8. The van der Waals surface area contributed by atoms with Gasteiger partial charge in [-0.2, -0.15) is 0 Å². The monoisotopic (exact) mass is 388 g/mol. The number of nitrogens with zero attached hydrogens (tertiary/aromatic N) is 2. The molecule has 28 heavy (non-hydrogen) atoms. The molecule has 0 aliphatic carbocycles. The Morgan fingerprint density at radius 3 is 1.86 bits per heavy atom. The minimum Gasteiger partial charge on any atom is -0.353 e. The molecule has 1 aromatic carbocycles. The van der Waals surface area contributed by atoms with Crippen molar-refractivity contribution in [2.45, 2.75) is 46.2 Å². The summed E-state index contributed by atoms with van der Waals surface area (Å²) in [6.07, 6.45) is 0.939. The molecule has 2 amide bonds. The molecular weight excluding hydrogens is 352 g/mol. The van der Waals surface area contributed by atoms with Gasteiger partial charge in [-0.05, 0) is 24.8 Å². The van der Waals surface area contributed by atoms with Crippen LogP contribution in [0.4, 0.5) is 0 Å². The third kappa shape index (κ3) is 7.24. The summed E-state index contributed by atoms with van der Waals surface area (Å²) in [4.78, 5) is 28.9. The van der Waals surface area contributed by atoms with Crippen LogP contribution in [0.5, 0.6) is 0 Å². The topological polar surface area (TPSA) is 64.7 Å². The third-order valence-electron chi connectivity index (χ3n) is 5.36. The number of piperazine rings is 1. The predicted molar refractivity (Wildman–Crippen MR) is 113 cm³/mol. The Morgan fingerprint density at radius 1 is 0.893 bits per heavy atom. The molecule has 1 fully saturated rings. The average molecular weight is 389 g/mol. The highest BCUT2D eigenvalue weighted by Gasteiger charge is 2.23. The normalized spacial score (nSPS) is 17.9. The van der Waals surface area contributed by atoms with E-state index >= 15 is 0 Å². The summed E-state index contributed by atoms with van der Waals surface area (Å²) in [6, 6.07) is 10.4. The molecule has 6 nitrogen and oxygen atoms in total. The first-order valence-corrected chi connectivity index (χ1v) is 10.5. The van der Waals surface area contributed by atoms with Gasteiger partial charge in [0.15, 0.2) is 0 Å². The van der Waals surface area contributed by atoms with Crippen molar-refractivity contribution in [3.63, 3.8) is 0 Å². The van der Waals surface area contributed by atoms with Gasteiger partial charge in [0.1, 0.15) is 0 Å². The van der Waals surface area contributed by atoms with Gasteiger partial charge < -0.3 is 10.6 Å². The van der Waals surface area contributed by atoms with Gasteiger partial charge in [0.05, 0.1) is 19.1 Å². The Balaban J connectivity index is 1.76. The molecule has 6 heteroatoms. The molecule has 0 saturated carbocycles. The molecule has 2 N–H and O–H groups in total. The fourth-order valence-corrected chi connectivity index (χ4v) is 3.45. The van der Waals surface area contributed by atoms with Crippen molar-refractivity contribution < 1.29 is 9.59 Å². The second kappa shape index (κ2) is 11.2. The zero-order valence-corrected chi connectivity index (χ0v) is 17.8. The number of amides is 2. The number of benzene rings is 1. The van der Waals surface area contributed by atoms with E-state index in [2.05, 4.69) is 53.3 Å². The largest absolute Gasteiger partial charge is 0.353 e. The maximum absolute atomic E-state index is 12.6. The molecule has 1 heterocycles. The number of carbonyl (C=O) groups excluding carboxylic acids is 2. The van der Waals surface area contributed by atoms with Gasteiger partial charge in [-0.25, -0.2) is 0 Å². The number of rotatable bonds is 9. The van der Waals surface area contributed by atoms with Crippen molar-refractivity contribution in [2.75, 3.05) is 39.3 Å². The summed E-state index contributed by atoms with van der Waals surface area (Å²) in [5.41, 5.74) is 1.14. The molecule has 0 spiro atoms. The Hall–Kier alpha value is -1.92. The van der Waals surface area contributed by atoms with Crippen molar-refractivity contribution >= 4 is 11.8 Å². The first kappa shape index (κ1) is 22.4. The number of carbonyl (C=O) groups is 2. The average Bonchev–Trinajstić information content (AvgIpc) is 2.68. The fraction of sp³-hybridized carbons (Fsp3) is 0.636. The highest BCUT2D eigenvalue weighted by molar-refractivity contribution is 5.79. The molecule has 0 bridgehead atoms. The van der Waals surface area contributed by atoms with E-state index in [0.717, 1.165) is 38.2 Å². The highest BCUT2D eigenvalue weighted by Crippen LogP contribution is 2.21. The Labute approximate surface area is 169 Å². The van der Waals surface area contributed by atoms with E-state index < -0.39 is 0 Å². The second-order valence-electron chi connectivity index (χ2n) is 8.13. The van der Waals surface area contributed by atoms with E-state index in [-0.39, 0.29) is 23.9 Å². The maximum atomic E-state index is 12.6. The van der Waals surface area contributed by atoms with Gasteiger partial charge in [0.2, 0.25) is 11.8 Å². The summed E-state index contributed by atoms with van der Waals surface area (Å²) in [5.74, 6) is 0.473. The lowest BCUT2D eigenvalue weighted by atomic mass is 9.96. The molecule has 156 valence electrons. The third-order valence-corrected chi connectivity index (χ3v) is 5.36. The summed E-state index contributed by atoms with van der Waals surface area (Å²) in [6.45, 7) is 12.4. The molecule has 1 saturated heterocycles. The minimum atomic E-state index is 0.0271. The minimum absolute atomic E-state index is 0.0271. The Bertz CT molecular complexity index is 612. The van der Waals surface area contributed by atoms with Crippen molar-refractivity contribution in [2.24, 2.45) is 5.92 Å². The summed E-state index contributed by atoms with van der Waals surface area (Å²) >= 11 is 0. The van der Waals surface area contributed by atoms with Crippen LogP contribution in [0.15, 0.2) is 30.3 Å². The van der Waals surface area contributed by atoms with Crippen molar-refractivity contribution in [3.05, 3.63) is 35.9 Å². The van der Waals surface area contributed by atoms with Crippen LogP contribution in [-0.4, -0.2) is 66.9 Å². The van der Waals surface area contributed by atoms with Crippen LogP contribution in [-0.2, 0) is 9.59 Å². The maximum Gasteiger partial charge on any atom is 0.234 e. The lowest BCUT2D eigenvalue weighted by Gasteiger charge is -2.34. The van der Waals surface area contributed by atoms with Crippen LogP contribution >= 0.6 is 0 Å². The second-order valence-corrected chi connectivity index (χ2v) is 8.13. The first-order chi connectivity index (χ1) is 13.4. The molecule has 2 atom stereocenters. The van der Waals surface area contributed by atoms with Crippen molar-refractivity contribution in [1.29, 1.82) is 0 Å². The molecule has 1 aliphatic heterocycles. The molecular formula is C22H36N4O2. The van der Waals surface area contributed by atoms with E-state index in [1.807, 2.05) is 25.1 Å². The van der Waals surface area contributed by atoms with Crippen LogP contribution in [0.25, 0.3) is 0 Å². The Kier molecular flexibility index (Phi) is 8.93. The molecule has 1 aliphatic rings. The smallest absolute Gasteiger partial charge is 0.234 e. The van der Waals surface area contributed by atoms with E-state index in [4.69, 9.17) is 0 Å². The molecule has 1 aromatic rings. The summed E-state index contributed by atoms with van der Waals surface area (Å²) in [7, 11) is 0. The lowest BCUT2D eigenvalue weighted by molar-refractivity contribution is -0.125.